The zero-order valence-electron chi connectivity index (χ0n) is 19.4. The smallest absolute Gasteiger partial charge is 0.338 e. The minimum Gasteiger partial charge on any atom is -0.462 e. The van der Waals surface area contributed by atoms with Gasteiger partial charge >= 0.3 is 5.97 Å². The van der Waals surface area contributed by atoms with Gasteiger partial charge in [-0.15, -0.1) is 10.2 Å². The summed E-state index contributed by atoms with van der Waals surface area (Å²) in [7, 11) is 0. The van der Waals surface area contributed by atoms with E-state index in [1.54, 1.807) is 25.1 Å². The average Bonchev–Trinajstić information content (AvgIpc) is 3.45. The van der Waals surface area contributed by atoms with Gasteiger partial charge in [0.15, 0.2) is 15.9 Å². The Balaban J connectivity index is 1.39. The van der Waals surface area contributed by atoms with Crippen LogP contribution in [0.3, 0.4) is 0 Å². The van der Waals surface area contributed by atoms with E-state index in [1.807, 2.05) is 35.6 Å². The molecule has 5 rings (SSSR count). The first-order chi connectivity index (χ1) is 17.0. The van der Waals surface area contributed by atoms with Gasteiger partial charge in [0.25, 0.3) is 0 Å². The number of nitrogens with one attached hydrogen (secondary N) is 1. The van der Waals surface area contributed by atoms with Crippen molar-refractivity contribution in [2.45, 2.75) is 37.6 Å². The van der Waals surface area contributed by atoms with Crippen molar-refractivity contribution >= 4 is 66.9 Å². The van der Waals surface area contributed by atoms with Crippen molar-refractivity contribution in [3.05, 3.63) is 59.7 Å². The van der Waals surface area contributed by atoms with Crippen LogP contribution in [0.1, 0.15) is 36.2 Å². The molecule has 0 radical (unpaired) electrons. The number of thioether (sulfide) groups is 1. The molecule has 0 aliphatic rings. The third kappa shape index (κ3) is 4.46. The highest BCUT2D eigenvalue weighted by atomic mass is 32.2. The zero-order valence-corrected chi connectivity index (χ0v) is 21.1. The maximum Gasteiger partial charge on any atom is 0.338 e. The number of esters is 1. The highest BCUT2D eigenvalue weighted by molar-refractivity contribution is 8.00. The summed E-state index contributed by atoms with van der Waals surface area (Å²) < 4.78 is 7.87. The van der Waals surface area contributed by atoms with Crippen LogP contribution in [0, 0.1) is 6.92 Å². The van der Waals surface area contributed by atoms with E-state index in [2.05, 4.69) is 33.5 Å². The van der Waals surface area contributed by atoms with Crippen LogP contribution in [0.15, 0.2) is 53.7 Å². The number of carbonyl (C=O) groups excluding carboxylic acids is 2. The predicted octanol–water partition coefficient (Wildman–Crippen LogP) is 5.49. The van der Waals surface area contributed by atoms with E-state index in [1.165, 1.54) is 23.1 Å². The molecule has 0 saturated carbocycles. The summed E-state index contributed by atoms with van der Waals surface area (Å²) >= 11 is 2.71. The largest absolute Gasteiger partial charge is 0.462 e. The Morgan fingerprint density at radius 3 is 2.77 bits per heavy atom. The van der Waals surface area contributed by atoms with Crippen LogP contribution in [-0.4, -0.2) is 43.3 Å². The zero-order chi connectivity index (χ0) is 24.5. The molecular formula is C25H23N5O3S2. The minimum absolute atomic E-state index is 0.157. The fraction of sp³-hybridized carbons (Fsp3) is 0.240. The summed E-state index contributed by atoms with van der Waals surface area (Å²) in [4.78, 5) is 29.7. The van der Waals surface area contributed by atoms with Gasteiger partial charge in [0.05, 0.1) is 33.2 Å². The molecule has 0 saturated heterocycles. The van der Waals surface area contributed by atoms with E-state index in [-0.39, 0.29) is 17.1 Å². The Kier molecular flexibility index (Phi) is 6.40. The Morgan fingerprint density at radius 2 is 1.97 bits per heavy atom. The van der Waals surface area contributed by atoms with Gasteiger partial charge in [0, 0.05) is 5.39 Å². The molecule has 3 aromatic heterocycles. The molecule has 8 nitrogen and oxygen atoms in total. The number of pyridine rings is 1. The number of aryl methyl sites for hydroxylation is 1. The maximum absolute atomic E-state index is 13.2. The Hall–Kier alpha value is -3.50. The van der Waals surface area contributed by atoms with Gasteiger partial charge in [-0.3, -0.25) is 9.20 Å². The van der Waals surface area contributed by atoms with Gasteiger partial charge in [-0.25, -0.2) is 9.78 Å². The van der Waals surface area contributed by atoms with Gasteiger partial charge in [-0.2, -0.15) is 0 Å². The minimum atomic E-state index is -0.385. The van der Waals surface area contributed by atoms with Crippen molar-refractivity contribution < 1.29 is 14.3 Å². The summed E-state index contributed by atoms with van der Waals surface area (Å²) in [5, 5.41) is 13.5. The number of benzene rings is 2. The van der Waals surface area contributed by atoms with Crippen molar-refractivity contribution in [1.29, 1.82) is 0 Å². The number of rotatable bonds is 7. The summed E-state index contributed by atoms with van der Waals surface area (Å²) in [5.41, 5.74) is 4.06. The molecule has 10 heteroatoms. The number of ether oxygens (including phenoxy) is 1. The second kappa shape index (κ2) is 9.63. The first-order valence-electron chi connectivity index (χ1n) is 11.3. The molecule has 2 aromatic carbocycles. The maximum atomic E-state index is 13.2. The van der Waals surface area contributed by atoms with Gasteiger partial charge in [-0.05, 0) is 56.2 Å². The number of para-hydroxylation sites is 1. The lowest BCUT2D eigenvalue weighted by Crippen LogP contribution is -2.24. The molecule has 1 N–H and O–H groups in total. The van der Waals surface area contributed by atoms with Gasteiger partial charge in [-0.1, -0.05) is 48.2 Å². The summed E-state index contributed by atoms with van der Waals surface area (Å²) in [6, 6.07) is 15.3. The molecule has 1 amide bonds. The van der Waals surface area contributed by atoms with E-state index in [9.17, 15) is 9.59 Å². The fourth-order valence-electron chi connectivity index (χ4n) is 3.91. The SMILES string of the molecule is CCOC(=O)c1ccc2nc(NC(=O)C(CC)Sc3nnc4cc(C)c5ccccc5n34)sc2c1. The van der Waals surface area contributed by atoms with Crippen LogP contribution < -0.4 is 5.32 Å². The molecule has 178 valence electrons. The third-order valence-corrected chi connectivity index (χ3v) is 7.85. The molecule has 0 spiro atoms. The molecule has 3 heterocycles. The Labute approximate surface area is 209 Å². The highest BCUT2D eigenvalue weighted by Gasteiger charge is 2.23. The average molecular weight is 506 g/mol. The van der Waals surface area contributed by atoms with Crippen LogP contribution in [0.4, 0.5) is 5.13 Å². The highest BCUT2D eigenvalue weighted by Crippen LogP contribution is 2.31. The molecule has 0 aliphatic carbocycles. The van der Waals surface area contributed by atoms with Crippen LogP contribution in [-0.2, 0) is 9.53 Å². The standard InChI is InChI=1S/C25H23N5O3S2/c1-4-19(35-25-29-28-21-12-14(3)16-8-6-7-9-18(16)30(21)25)22(31)27-24-26-17-11-10-15(13-20(17)34-24)23(32)33-5-2/h6-13,19H,4-5H2,1-3H3,(H,26,27,31). The van der Waals surface area contributed by atoms with E-state index in [0.717, 1.165) is 26.8 Å². The van der Waals surface area contributed by atoms with E-state index in [4.69, 9.17) is 4.74 Å². The van der Waals surface area contributed by atoms with Crippen molar-refractivity contribution in [2.75, 3.05) is 11.9 Å². The quantitative estimate of drug-likeness (QED) is 0.231. The van der Waals surface area contributed by atoms with Crippen molar-refractivity contribution in [2.24, 2.45) is 0 Å². The lowest BCUT2D eigenvalue weighted by Gasteiger charge is -2.13. The van der Waals surface area contributed by atoms with Crippen LogP contribution >= 0.6 is 23.1 Å². The number of hydrogen-bond donors (Lipinski definition) is 1. The molecule has 35 heavy (non-hydrogen) atoms. The number of anilines is 1. The fourth-order valence-corrected chi connectivity index (χ4v) is 5.79. The first-order valence-corrected chi connectivity index (χ1v) is 13.0. The van der Waals surface area contributed by atoms with Gasteiger partial charge in [0.2, 0.25) is 5.91 Å². The molecule has 0 aliphatic heterocycles. The Morgan fingerprint density at radius 1 is 1.14 bits per heavy atom. The molecule has 5 aromatic rings. The Bertz CT molecular complexity index is 1580. The number of hydrogen-bond acceptors (Lipinski definition) is 8. The molecular weight excluding hydrogens is 482 g/mol. The molecule has 1 atom stereocenters. The normalized spacial score (nSPS) is 12.3. The topological polar surface area (TPSA) is 98.5 Å². The third-order valence-electron chi connectivity index (χ3n) is 5.61. The lowest BCUT2D eigenvalue weighted by molar-refractivity contribution is -0.115. The predicted molar refractivity (Wildman–Crippen MR) is 139 cm³/mol. The monoisotopic (exact) mass is 505 g/mol. The van der Waals surface area contributed by atoms with Crippen LogP contribution in [0.25, 0.3) is 26.8 Å². The molecule has 0 bridgehead atoms. The number of nitrogens with zero attached hydrogens (tertiary/aromatic N) is 4. The lowest BCUT2D eigenvalue weighted by atomic mass is 10.1. The second-order valence-electron chi connectivity index (χ2n) is 7.95. The van der Waals surface area contributed by atoms with Crippen molar-refractivity contribution in [1.82, 2.24) is 19.6 Å². The number of fused-ring (bicyclic) bond motifs is 4. The summed E-state index contributed by atoms with van der Waals surface area (Å²) in [6.45, 7) is 6.10. The summed E-state index contributed by atoms with van der Waals surface area (Å²) in [5.74, 6) is -0.533. The number of aromatic nitrogens is 4. The van der Waals surface area contributed by atoms with E-state index < -0.39 is 0 Å². The van der Waals surface area contributed by atoms with E-state index in [0.29, 0.717) is 34.4 Å². The van der Waals surface area contributed by atoms with Crippen molar-refractivity contribution in [3.63, 3.8) is 0 Å². The number of carbonyl (C=O) groups is 2. The summed E-state index contributed by atoms with van der Waals surface area (Å²) in [6.07, 6.45) is 0.604. The number of amides is 1. The van der Waals surface area contributed by atoms with E-state index >= 15 is 0 Å². The molecule has 1 unspecified atom stereocenters. The second-order valence-corrected chi connectivity index (χ2v) is 10.1. The van der Waals surface area contributed by atoms with Crippen molar-refractivity contribution in [3.8, 4) is 0 Å². The molecule has 0 fully saturated rings. The first kappa shape index (κ1) is 23.3. The van der Waals surface area contributed by atoms with Crippen LogP contribution in [0.2, 0.25) is 0 Å². The van der Waals surface area contributed by atoms with Crippen LogP contribution in [0.5, 0.6) is 0 Å². The van der Waals surface area contributed by atoms with Gasteiger partial charge in [0.1, 0.15) is 0 Å². The number of thiazole rings is 1. The van der Waals surface area contributed by atoms with Gasteiger partial charge < -0.3 is 10.1 Å².